The van der Waals surface area contributed by atoms with Crippen LogP contribution >= 0.6 is 11.3 Å². The van der Waals surface area contributed by atoms with Crippen molar-refractivity contribution in [3.8, 4) is 0 Å². The van der Waals surface area contributed by atoms with Crippen molar-refractivity contribution in [1.29, 1.82) is 0 Å². The fraction of sp³-hybridized carbons (Fsp3) is 0.542. The molecule has 37 heavy (non-hydrogen) atoms. The number of ketones is 1. The molecule has 0 radical (unpaired) electrons. The van der Waals surface area contributed by atoms with Gasteiger partial charge < -0.3 is 5.32 Å². The summed E-state index contributed by atoms with van der Waals surface area (Å²) in [4.78, 5) is 30.3. The van der Waals surface area contributed by atoms with Crippen LogP contribution < -0.4 is 10.0 Å². The van der Waals surface area contributed by atoms with Crippen molar-refractivity contribution >= 4 is 43.1 Å². The van der Waals surface area contributed by atoms with Crippen LogP contribution in [0.5, 0.6) is 0 Å². The van der Waals surface area contributed by atoms with Crippen LogP contribution in [-0.4, -0.2) is 63.0 Å². The number of amides is 1. The number of carbonyl (C=O) groups is 2. The Bertz CT molecular complexity index is 1280. The highest BCUT2D eigenvalue weighted by Gasteiger charge is 2.36. The fourth-order valence-corrected chi connectivity index (χ4v) is 8.48. The van der Waals surface area contributed by atoms with Gasteiger partial charge in [0, 0.05) is 12.7 Å². The Morgan fingerprint density at radius 3 is 2.51 bits per heavy atom. The molecule has 1 amide bonds. The molecule has 0 aromatic carbocycles. The Kier molecular flexibility index (Phi) is 9.11. The van der Waals surface area contributed by atoms with Gasteiger partial charge in [0.15, 0.2) is 10.8 Å². The minimum atomic E-state index is -3.96. The van der Waals surface area contributed by atoms with E-state index in [0.717, 1.165) is 47.7 Å². The molecular formula is C24H32N4O6S3. The van der Waals surface area contributed by atoms with Crippen LogP contribution in [0.2, 0.25) is 0 Å². The minimum Gasteiger partial charge on any atom is -0.345 e. The van der Waals surface area contributed by atoms with Crippen molar-refractivity contribution in [3.63, 3.8) is 0 Å². The van der Waals surface area contributed by atoms with Gasteiger partial charge in [-0.25, -0.2) is 21.8 Å². The SMILES string of the molecule is O=C1CN(S(=O)(=O)c2ccccn2)CCCC1NC(=O)C(CC1CCCCC1)NS(=O)(=O)c1cccs1. The number of hydrogen-bond acceptors (Lipinski definition) is 8. The van der Waals surface area contributed by atoms with Gasteiger partial charge in [0.1, 0.15) is 10.3 Å². The Labute approximate surface area is 222 Å². The van der Waals surface area contributed by atoms with E-state index in [4.69, 9.17) is 0 Å². The maximum absolute atomic E-state index is 13.4. The molecule has 0 bridgehead atoms. The first kappa shape index (κ1) is 27.8. The van der Waals surface area contributed by atoms with Crippen molar-refractivity contribution in [3.05, 3.63) is 41.9 Å². The zero-order valence-electron chi connectivity index (χ0n) is 20.4. The van der Waals surface area contributed by atoms with Gasteiger partial charge in [0.2, 0.25) is 5.91 Å². The van der Waals surface area contributed by atoms with E-state index < -0.39 is 50.4 Å². The van der Waals surface area contributed by atoms with Gasteiger partial charge in [-0.3, -0.25) is 9.59 Å². The second-order valence-corrected chi connectivity index (χ2v) is 14.3. The van der Waals surface area contributed by atoms with Crippen molar-refractivity contribution in [2.75, 3.05) is 13.1 Å². The maximum atomic E-state index is 13.4. The number of thiophene rings is 1. The predicted molar refractivity (Wildman–Crippen MR) is 139 cm³/mol. The second-order valence-electron chi connectivity index (χ2n) is 9.52. The molecule has 1 saturated heterocycles. The van der Waals surface area contributed by atoms with Crippen LogP contribution in [0.1, 0.15) is 51.4 Å². The third-order valence-electron chi connectivity index (χ3n) is 6.85. The number of nitrogens with one attached hydrogen (secondary N) is 2. The molecule has 2 aromatic rings. The first-order valence-electron chi connectivity index (χ1n) is 12.5. The summed E-state index contributed by atoms with van der Waals surface area (Å²) in [6.07, 6.45) is 7.39. The molecule has 10 nitrogen and oxygen atoms in total. The number of rotatable bonds is 9. The Hall–Kier alpha value is -2.19. The van der Waals surface area contributed by atoms with Crippen molar-refractivity contribution < 1.29 is 26.4 Å². The summed E-state index contributed by atoms with van der Waals surface area (Å²) in [6.45, 7) is -0.272. The van der Waals surface area contributed by atoms with E-state index in [2.05, 4.69) is 15.0 Å². The third kappa shape index (κ3) is 7.02. The van der Waals surface area contributed by atoms with E-state index in [1.807, 2.05) is 0 Å². The molecular weight excluding hydrogens is 536 g/mol. The summed E-state index contributed by atoms with van der Waals surface area (Å²) >= 11 is 1.07. The maximum Gasteiger partial charge on any atom is 0.260 e. The Balaban J connectivity index is 1.47. The topological polar surface area (TPSA) is 143 Å². The number of carbonyl (C=O) groups excluding carboxylic acids is 2. The van der Waals surface area contributed by atoms with Gasteiger partial charge in [0.05, 0.1) is 12.6 Å². The lowest BCUT2D eigenvalue weighted by molar-refractivity contribution is -0.128. The molecule has 4 rings (SSSR count). The second kappa shape index (κ2) is 12.1. The number of aromatic nitrogens is 1. The zero-order valence-corrected chi connectivity index (χ0v) is 22.9. The smallest absolute Gasteiger partial charge is 0.260 e. The summed E-state index contributed by atoms with van der Waals surface area (Å²) in [7, 11) is -7.86. The summed E-state index contributed by atoms with van der Waals surface area (Å²) in [5, 5.41) is 4.24. The monoisotopic (exact) mass is 568 g/mol. The van der Waals surface area contributed by atoms with Gasteiger partial charge in [-0.1, -0.05) is 44.2 Å². The van der Waals surface area contributed by atoms with Crippen LogP contribution in [0.3, 0.4) is 0 Å². The molecule has 13 heteroatoms. The van der Waals surface area contributed by atoms with E-state index in [1.165, 1.54) is 18.3 Å². The first-order valence-corrected chi connectivity index (χ1v) is 16.3. The van der Waals surface area contributed by atoms with Crippen LogP contribution in [0.25, 0.3) is 0 Å². The molecule has 1 saturated carbocycles. The highest BCUT2D eigenvalue weighted by Crippen LogP contribution is 2.28. The van der Waals surface area contributed by atoms with Crippen LogP contribution in [0.4, 0.5) is 0 Å². The van der Waals surface area contributed by atoms with Gasteiger partial charge in [-0.15, -0.1) is 11.3 Å². The lowest BCUT2D eigenvalue weighted by atomic mass is 9.85. The number of pyridine rings is 1. The van der Waals surface area contributed by atoms with Crippen LogP contribution in [0.15, 0.2) is 51.1 Å². The van der Waals surface area contributed by atoms with Crippen LogP contribution in [0, 0.1) is 5.92 Å². The lowest BCUT2D eigenvalue weighted by Crippen LogP contribution is -2.52. The minimum absolute atomic E-state index is 0.119. The Morgan fingerprint density at radius 1 is 1.05 bits per heavy atom. The van der Waals surface area contributed by atoms with Crippen molar-refractivity contribution in [2.45, 2.75) is 72.7 Å². The standard InChI is InChI=1S/C24H32N4O6S3/c29-21-17-28(37(33,34)22-11-4-5-13-25-22)14-6-10-19(21)26-24(30)20(16-18-8-2-1-3-9-18)27-36(31,32)23-12-7-15-35-23/h4-5,7,11-13,15,18-20,27H,1-3,6,8-10,14,16-17H2,(H,26,30). The van der Waals surface area contributed by atoms with E-state index in [-0.39, 0.29) is 28.1 Å². The molecule has 3 heterocycles. The van der Waals surface area contributed by atoms with E-state index in [0.29, 0.717) is 12.8 Å². The Morgan fingerprint density at radius 2 is 1.84 bits per heavy atom. The van der Waals surface area contributed by atoms with Gasteiger partial charge in [0.25, 0.3) is 20.0 Å². The molecule has 2 N–H and O–H groups in total. The van der Waals surface area contributed by atoms with Crippen LogP contribution in [-0.2, 0) is 29.6 Å². The highest BCUT2D eigenvalue weighted by molar-refractivity contribution is 7.91. The third-order valence-corrected chi connectivity index (χ3v) is 11.5. The number of sulfonamides is 2. The van der Waals surface area contributed by atoms with Crippen molar-refractivity contribution in [1.82, 2.24) is 19.3 Å². The first-order chi connectivity index (χ1) is 17.7. The normalized spacial score (nSPS) is 21.3. The molecule has 2 aliphatic rings. The average molecular weight is 569 g/mol. The number of hydrogen-bond donors (Lipinski definition) is 2. The van der Waals surface area contributed by atoms with Gasteiger partial charge in [-0.05, 0) is 48.8 Å². The molecule has 2 atom stereocenters. The fourth-order valence-electron chi connectivity index (χ4n) is 4.88. The van der Waals surface area contributed by atoms with E-state index in [1.54, 1.807) is 23.6 Å². The summed E-state index contributed by atoms with van der Waals surface area (Å²) in [5.41, 5.74) is 0. The summed E-state index contributed by atoms with van der Waals surface area (Å²) in [6, 6.07) is 5.72. The summed E-state index contributed by atoms with van der Waals surface area (Å²) < 4.78 is 55.5. The largest absolute Gasteiger partial charge is 0.345 e. The average Bonchev–Trinajstić information content (AvgIpc) is 3.38. The van der Waals surface area contributed by atoms with Crippen molar-refractivity contribution in [2.24, 2.45) is 5.92 Å². The number of Topliss-reactive ketones (excluding diaryl/α,β-unsaturated/α-hetero) is 1. The predicted octanol–water partition coefficient (Wildman–Crippen LogP) is 2.30. The van der Waals surface area contributed by atoms with Gasteiger partial charge in [-0.2, -0.15) is 9.03 Å². The molecule has 1 aliphatic heterocycles. The lowest BCUT2D eigenvalue weighted by Gasteiger charge is -2.27. The van der Waals surface area contributed by atoms with E-state index >= 15 is 0 Å². The summed E-state index contributed by atoms with van der Waals surface area (Å²) in [5.74, 6) is -0.799. The molecule has 202 valence electrons. The molecule has 2 fully saturated rings. The van der Waals surface area contributed by atoms with E-state index in [9.17, 15) is 26.4 Å². The molecule has 1 aliphatic carbocycles. The molecule has 2 aromatic heterocycles. The van der Waals surface area contributed by atoms with Gasteiger partial charge >= 0.3 is 0 Å². The molecule has 0 spiro atoms. The highest BCUT2D eigenvalue weighted by atomic mass is 32.2. The quantitative estimate of drug-likeness (QED) is 0.473. The molecule has 2 unspecified atom stereocenters. The zero-order chi connectivity index (χ0) is 26.5. The number of nitrogens with zero attached hydrogens (tertiary/aromatic N) is 2.